The van der Waals surface area contributed by atoms with Crippen LogP contribution in [0.5, 0.6) is 0 Å². The quantitative estimate of drug-likeness (QED) is 0.670. The highest BCUT2D eigenvalue weighted by Crippen LogP contribution is 2.17. The summed E-state index contributed by atoms with van der Waals surface area (Å²) in [5.74, 6) is -0.209. The van der Waals surface area contributed by atoms with Crippen molar-refractivity contribution in [2.75, 3.05) is 0 Å². The van der Waals surface area contributed by atoms with Crippen LogP contribution in [0.25, 0.3) is 10.9 Å². The molecule has 0 radical (unpaired) electrons. The number of rotatable bonds is 7. The fraction of sp³-hybridized carbons (Fsp3) is 0.348. The number of para-hydroxylation sites is 1. The van der Waals surface area contributed by atoms with Gasteiger partial charge in [0.25, 0.3) is 5.56 Å². The molecule has 3 rings (SSSR count). The Bertz CT molecular complexity index is 1120. The molecule has 3 aromatic rings. The molecule has 2 atom stereocenters. The summed E-state index contributed by atoms with van der Waals surface area (Å²) in [4.78, 5) is 39.4. The van der Waals surface area contributed by atoms with Gasteiger partial charge in [-0.2, -0.15) is 0 Å². The Morgan fingerprint density at radius 1 is 0.966 bits per heavy atom. The van der Waals surface area contributed by atoms with E-state index in [1.165, 1.54) is 9.13 Å². The van der Waals surface area contributed by atoms with E-state index in [-0.39, 0.29) is 24.1 Å². The summed E-state index contributed by atoms with van der Waals surface area (Å²) in [6, 6.07) is 15.7. The SMILES string of the molecule is CC[C@@H](C)NC(=O)[C@@H](CC)n1c(=O)n(Cc2ccccc2)c(=O)c2ccccc21. The lowest BCUT2D eigenvalue weighted by Crippen LogP contribution is -2.46. The van der Waals surface area contributed by atoms with Crippen molar-refractivity contribution in [3.63, 3.8) is 0 Å². The molecule has 0 saturated carbocycles. The highest BCUT2D eigenvalue weighted by Gasteiger charge is 2.25. The number of aromatic nitrogens is 2. The highest BCUT2D eigenvalue weighted by molar-refractivity contribution is 5.84. The predicted molar refractivity (Wildman–Crippen MR) is 115 cm³/mol. The topological polar surface area (TPSA) is 73.1 Å². The second-order valence-electron chi connectivity index (χ2n) is 7.29. The third-order valence-electron chi connectivity index (χ3n) is 5.26. The van der Waals surface area contributed by atoms with Crippen molar-refractivity contribution < 1.29 is 4.79 Å². The summed E-state index contributed by atoms with van der Waals surface area (Å²) in [7, 11) is 0. The van der Waals surface area contributed by atoms with Gasteiger partial charge >= 0.3 is 5.69 Å². The van der Waals surface area contributed by atoms with Gasteiger partial charge in [-0.05, 0) is 37.5 Å². The normalized spacial score (nSPS) is 13.2. The van der Waals surface area contributed by atoms with E-state index in [0.29, 0.717) is 17.3 Å². The Morgan fingerprint density at radius 2 is 1.62 bits per heavy atom. The Hall–Kier alpha value is -3.15. The van der Waals surface area contributed by atoms with Crippen LogP contribution in [0.3, 0.4) is 0 Å². The minimum Gasteiger partial charge on any atom is -0.352 e. The molecule has 6 nitrogen and oxygen atoms in total. The van der Waals surface area contributed by atoms with Crippen LogP contribution in [-0.4, -0.2) is 21.1 Å². The maximum absolute atomic E-state index is 13.4. The van der Waals surface area contributed by atoms with Crippen LogP contribution in [0, 0.1) is 0 Å². The second kappa shape index (κ2) is 8.90. The fourth-order valence-corrected chi connectivity index (χ4v) is 3.46. The minimum atomic E-state index is -0.691. The molecule has 0 fully saturated rings. The summed E-state index contributed by atoms with van der Waals surface area (Å²) < 4.78 is 2.69. The van der Waals surface area contributed by atoms with Gasteiger partial charge in [0.15, 0.2) is 0 Å². The Balaban J connectivity index is 2.21. The van der Waals surface area contributed by atoms with Crippen LogP contribution in [0.2, 0.25) is 0 Å². The molecule has 0 aliphatic heterocycles. The van der Waals surface area contributed by atoms with Gasteiger partial charge in [0.05, 0.1) is 17.4 Å². The summed E-state index contributed by atoms with van der Waals surface area (Å²) in [5, 5.41) is 3.40. The molecular weight excluding hydrogens is 366 g/mol. The Kier molecular flexibility index (Phi) is 6.32. The zero-order valence-corrected chi connectivity index (χ0v) is 17.1. The van der Waals surface area contributed by atoms with Crippen molar-refractivity contribution in [1.29, 1.82) is 0 Å². The van der Waals surface area contributed by atoms with Gasteiger partial charge in [-0.1, -0.05) is 56.3 Å². The van der Waals surface area contributed by atoms with Gasteiger partial charge in [0.1, 0.15) is 6.04 Å². The molecule has 1 amide bonds. The molecule has 2 aromatic carbocycles. The van der Waals surface area contributed by atoms with Gasteiger partial charge < -0.3 is 5.32 Å². The van der Waals surface area contributed by atoms with Crippen LogP contribution in [-0.2, 0) is 11.3 Å². The molecule has 0 saturated heterocycles. The van der Waals surface area contributed by atoms with Crippen molar-refractivity contribution >= 4 is 16.8 Å². The minimum absolute atomic E-state index is 0.00809. The van der Waals surface area contributed by atoms with Crippen molar-refractivity contribution in [2.45, 2.75) is 52.2 Å². The zero-order valence-electron chi connectivity index (χ0n) is 17.1. The summed E-state index contributed by atoms with van der Waals surface area (Å²) in [5.41, 5.74) is 0.523. The van der Waals surface area contributed by atoms with Crippen molar-refractivity contribution in [1.82, 2.24) is 14.5 Å². The van der Waals surface area contributed by atoms with Crippen LogP contribution in [0.1, 0.15) is 45.2 Å². The molecule has 6 heteroatoms. The number of hydrogen-bond donors (Lipinski definition) is 1. The van der Waals surface area contributed by atoms with Gasteiger partial charge in [-0.25, -0.2) is 4.79 Å². The van der Waals surface area contributed by atoms with Crippen LogP contribution < -0.4 is 16.6 Å². The number of carbonyl (C=O) groups is 1. The van der Waals surface area contributed by atoms with Gasteiger partial charge in [0.2, 0.25) is 5.91 Å². The number of nitrogens with zero attached hydrogens (tertiary/aromatic N) is 2. The molecule has 0 aliphatic rings. The number of hydrogen-bond acceptors (Lipinski definition) is 3. The summed E-state index contributed by atoms with van der Waals surface area (Å²) in [6.07, 6.45) is 1.24. The fourth-order valence-electron chi connectivity index (χ4n) is 3.46. The summed E-state index contributed by atoms with van der Waals surface area (Å²) >= 11 is 0. The third kappa shape index (κ3) is 4.16. The lowest BCUT2D eigenvalue weighted by molar-refractivity contribution is -0.125. The Morgan fingerprint density at radius 3 is 2.28 bits per heavy atom. The summed E-state index contributed by atoms with van der Waals surface area (Å²) in [6.45, 7) is 5.96. The van der Waals surface area contributed by atoms with Crippen LogP contribution >= 0.6 is 0 Å². The van der Waals surface area contributed by atoms with E-state index in [9.17, 15) is 14.4 Å². The number of fused-ring (bicyclic) bond motifs is 1. The average Bonchev–Trinajstić information content (AvgIpc) is 2.74. The van der Waals surface area contributed by atoms with E-state index >= 15 is 0 Å². The number of nitrogens with one attached hydrogen (secondary N) is 1. The first-order valence-electron chi connectivity index (χ1n) is 10.1. The largest absolute Gasteiger partial charge is 0.352 e. The van der Waals surface area contributed by atoms with E-state index < -0.39 is 11.7 Å². The number of amides is 1. The smallest absolute Gasteiger partial charge is 0.332 e. The van der Waals surface area contributed by atoms with E-state index in [1.807, 2.05) is 51.1 Å². The standard InChI is InChI=1S/C23H27N3O3/c1-4-16(3)24-21(27)19(5-2)26-20-14-10-9-13-18(20)22(28)25(23(26)29)15-17-11-7-6-8-12-17/h6-14,16,19H,4-5,15H2,1-3H3,(H,24,27)/t16-,19-/m1/s1. The van der Waals surface area contributed by atoms with Crippen LogP contribution in [0.15, 0.2) is 64.2 Å². The molecule has 152 valence electrons. The molecular formula is C23H27N3O3. The zero-order chi connectivity index (χ0) is 21.0. The molecule has 1 aromatic heterocycles. The van der Waals surface area contributed by atoms with Gasteiger partial charge in [-0.3, -0.25) is 18.7 Å². The molecule has 0 unspecified atom stereocenters. The first-order chi connectivity index (χ1) is 14.0. The van der Waals surface area contributed by atoms with Crippen molar-refractivity contribution in [3.8, 4) is 0 Å². The molecule has 29 heavy (non-hydrogen) atoms. The first-order valence-corrected chi connectivity index (χ1v) is 10.1. The monoisotopic (exact) mass is 393 g/mol. The Labute approximate surface area is 169 Å². The lowest BCUT2D eigenvalue weighted by Gasteiger charge is -2.23. The molecule has 0 aliphatic carbocycles. The second-order valence-corrected chi connectivity index (χ2v) is 7.29. The molecule has 1 heterocycles. The van der Waals surface area contributed by atoms with E-state index in [2.05, 4.69) is 5.32 Å². The molecule has 1 N–H and O–H groups in total. The maximum Gasteiger partial charge on any atom is 0.332 e. The van der Waals surface area contributed by atoms with Crippen LogP contribution in [0.4, 0.5) is 0 Å². The predicted octanol–water partition coefficient (Wildman–Crippen LogP) is 3.08. The maximum atomic E-state index is 13.4. The highest BCUT2D eigenvalue weighted by atomic mass is 16.2. The van der Waals surface area contributed by atoms with E-state index in [0.717, 1.165) is 12.0 Å². The van der Waals surface area contributed by atoms with E-state index in [1.54, 1.807) is 24.3 Å². The van der Waals surface area contributed by atoms with Crippen molar-refractivity contribution in [2.24, 2.45) is 0 Å². The third-order valence-corrected chi connectivity index (χ3v) is 5.26. The molecule has 0 bridgehead atoms. The average molecular weight is 393 g/mol. The number of carbonyl (C=O) groups excluding carboxylic acids is 1. The lowest BCUT2D eigenvalue weighted by atomic mass is 10.1. The van der Waals surface area contributed by atoms with Gasteiger partial charge in [-0.15, -0.1) is 0 Å². The van der Waals surface area contributed by atoms with Crippen molar-refractivity contribution in [3.05, 3.63) is 81.0 Å². The first kappa shape index (κ1) is 20.6. The number of benzene rings is 2. The molecule has 0 spiro atoms. The van der Waals surface area contributed by atoms with Gasteiger partial charge in [0, 0.05) is 6.04 Å². The van der Waals surface area contributed by atoms with E-state index in [4.69, 9.17) is 0 Å².